The number of nitrogens with one attached hydrogen (secondary N) is 2. The molecule has 5 nitrogen and oxygen atoms in total. The zero-order chi connectivity index (χ0) is 18.4. The first kappa shape index (κ1) is 19.7. The van der Waals surface area contributed by atoms with Gasteiger partial charge in [0.05, 0.1) is 26.3 Å². The third-order valence-electron chi connectivity index (χ3n) is 3.46. The van der Waals surface area contributed by atoms with Gasteiger partial charge in [0.2, 0.25) is 0 Å². The number of hydrogen-bond donors (Lipinski definition) is 2. The first-order chi connectivity index (χ1) is 11.8. The normalized spacial score (nSPS) is 12.6. The van der Waals surface area contributed by atoms with Crippen LogP contribution >= 0.6 is 22.9 Å². The summed E-state index contributed by atoms with van der Waals surface area (Å²) in [4.78, 5) is 14.6. The van der Waals surface area contributed by atoms with E-state index in [9.17, 15) is 13.2 Å². The van der Waals surface area contributed by atoms with Crippen molar-refractivity contribution in [3.05, 3.63) is 58.3 Å². The van der Waals surface area contributed by atoms with Gasteiger partial charge < -0.3 is 10.2 Å². The van der Waals surface area contributed by atoms with E-state index in [4.69, 9.17) is 11.6 Å². The predicted molar refractivity (Wildman–Crippen MR) is 102 cm³/mol. The summed E-state index contributed by atoms with van der Waals surface area (Å²) in [6.45, 7) is 5.18. The van der Waals surface area contributed by atoms with E-state index in [0.29, 0.717) is 23.1 Å². The molecular formula is C17H20ClN2O3S2+. The Labute approximate surface area is 156 Å². The maximum Gasteiger partial charge on any atom is 0.279 e. The second-order valence-electron chi connectivity index (χ2n) is 5.62. The molecular weight excluding hydrogens is 380 g/mol. The minimum atomic E-state index is -3.41. The molecule has 0 spiro atoms. The number of hydrogen-bond acceptors (Lipinski definition) is 4. The molecule has 0 aliphatic heterocycles. The van der Waals surface area contributed by atoms with Crippen molar-refractivity contribution in [2.45, 2.75) is 11.4 Å². The highest BCUT2D eigenvalue weighted by atomic mass is 35.5. The Bertz CT molecular complexity index is 862. The summed E-state index contributed by atoms with van der Waals surface area (Å²) in [5.74, 6) is -0.254. The van der Waals surface area contributed by atoms with Crippen molar-refractivity contribution < 1.29 is 18.1 Å². The summed E-state index contributed by atoms with van der Waals surface area (Å²) in [5.41, 5.74) is 0.298. The molecule has 8 heteroatoms. The van der Waals surface area contributed by atoms with Gasteiger partial charge in [0.1, 0.15) is 6.54 Å². The van der Waals surface area contributed by atoms with Gasteiger partial charge in [0, 0.05) is 6.26 Å². The number of carbonyl (C=O) groups excluding carboxylic acids is 1. The smallest absolute Gasteiger partial charge is 0.279 e. The molecule has 1 amide bonds. The third kappa shape index (κ3) is 5.97. The number of amides is 1. The molecule has 0 saturated heterocycles. The maximum atomic E-state index is 12.4. The number of thiophene rings is 1. The van der Waals surface area contributed by atoms with Crippen LogP contribution in [0.1, 0.15) is 4.88 Å². The van der Waals surface area contributed by atoms with Crippen molar-refractivity contribution in [1.82, 2.24) is 0 Å². The van der Waals surface area contributed by atoms with E-state index in [0.717, 1.165) is 16.0 Å². The Hall–Kier alpha value is -1.67. The molecule has 2 aromatic rings. The molecule has 0 bridgehead atoms. The summed E-state index contributed by atoms with van der Waals surface area (Å²) < 4.78 is 24.4. The molecule has 0 aliphatic rings. The fourth-order valence-electron chi connectivity index (χ4n) is 2.42. The molecule has 2 N–H and O–H groups in total. The monoisotopic (exact) mass is 399 g/mol. The topological polar surface area (TPSA) is 67.7 Å². The van der Waals surface area contributed by atoms with Crippen LogP contribution in [-0.4, -0.2) is 33.7 Å². The van der Waals surface area contributed by atoms with Gasteiger partial charge >= 0.3 is 0 Å². The van der Waals surface area contributed by atoms with Crippen LogP contribution < -0.4 is 10.2 Å². The second kappa shape index (κ2) is 8.62. The summed E-state index contributed by atoms with van der Waals surface area (Å²) in [7, 11) is -3.41. The van der Waals surface area contributed by atoms with Crippen molar-refractivity contribution in [3.63, 3.8) is 0 Å². The highest BCUT2D eigenvalue weighted by molar-refractivity contribution is 7.90. The van der Waals surface area contributed by atoms with Crippen LogP contribution in [0.2, 0.25) is 4.34 Å². The predicted octanol–water partition coefficient (Wildman–Crippen LogP) is 2.01. The van der Waals surface area contributed by atoms with E-state index < -0.39 is 9.84 Å². The van der Waals surface area contributed by atoms with E-state index in [1.807, 2.05) is 12.1 Å². The zero-order valence-corrected chi connectivity index (χ0v) is 16.2. The average Bonchev–Trinajstić information content (AvgIpc) is 2.92. The van der Waals surface area contributed by atoms with Crippen LogP contribution in [0.5, 0.6) is 0 Å². The Morgan fingerprint density at radius 2 is 2.04 bits per heavy atom. The quantitative estimate of drug-likeness (QED) is 0.667. The summed E-state index contributed by atoms with van der Waals surface area (Å²) in [6, 6.07) is 10.1. The van der Waals surface area contributed by atoms with Crippen molar-refractivity contribution in [2.24, 2.45) is 0 Å². The Morgan fingerprint density at radius 1 is 1.32 bits per heavy atom. The van der Waals surface area contributed by atoms with Gasteiger partial charge in [-0.25, -0.2) is 8.42 Å². The van der Waals surface area contributed by atoms with Crippen LogP contribution in [0.15, 0.2) is 53.9 Å². The lowest BCUT2D eigenvalue weighted by Crippen LogP contribution is -3.11. The van der Waals surface area contributed by atoms with E-state index in [2.05, 4.69) is 11.9 Å². The number of para-hydroxylation sites is 1. The SMILES string of the molecule is C=CC[NH+](CC(=O)Nc1ccccc1S(C)(=O)=O)Cc1ccc(Cl)s1. The first-order valence-electron chi connectivity index (χ1n) is 7.57. The largest absolute Gasteiger partial charge is 0.320 e. The zero-order valence-electron chi connectivity index (χ0n) is 13.8. The number of benzene rings is 1. The van der Waals surface area contributed by atoms with Crippen LogP contribution in [0.25, 0.3) is 0 Å². The van der Waals surface area contributed by atoms with Gasteiger partial charge in [-0.2, -0.15) is 0 Å². The molecule has 0 radical (unpaired) electrons. The molecule has 134 valence electrons. The lowest BCUT2D eigenvalue weighted by molar-refractivity contribution is -0.899. The van der Waals surface area contributed by atoms with E-state index >= 15 is 0 Å². The Kier molecular flexibility index (Phi) is 6.78. The average molecular weight is 400 g/mol. The van der Waals surface area contributed by atoms with Gasteiger partial charge in [-0.15, -0.1) is 11.3 Å². The molecule has 0 saturated carbocycles. The van der Waals surface area contributed by atoms with Crippen molar-refractivity contribution >= 4 is 44.4 Å². The molecule has 1 heterocycles. The van der Waals surface area contributed by atoms with Gasteiger partial charge in [-0.05, 0) is 30.3 Å². The van der Waals surface area contributed by atoms with Gasteiger partial charge in [-0.1, -0.05) is 30.3 Å². The summed E-state index contributed by atoms with van der Waals surface area (Å²) in [5, 5.41) is 2.70. The standard InChI is InChI=1S/C17H19ClN2O3S2/c1-3-10-20(11-13-8-9-16(18)24-13)12-17(21)19-14-6-4-5-7-15(14)25(2,22)23/h3-9H,1,10-12H2,2H3,(H,19,21)/p+1. The van der Waals surface area contributed by atoms with Crippen molar-refractivity contribution in [3.8, 4) is 0 Å². The molecule has 25 heavy (non-hydrogen) atoms. The minimum Gasteiger partial charge on any atom is -0.320 e. The number of rotatable bonds is 8. The number of carbonyl (C=O) groups is 1. The highest BCUT2D eigenvalue weighted by Gasteiger charge is 2.18. The van der Waals surface area contributed by atoms with E-state index in [-0.39, 0.29) is 17.3 Å². The minimum absolute atomic E-state index is 0.110. The summed E-state index contributed by atoms with van der Waals surface area (Å²) in [6.07, 6.45) is 2.87. The van der Waals surface area contributed by atoms with Crippen LogP contribution in [0.4, 0.5) is 5.69 Å². The third-order valence-corrected chi connectivity index (χ3v) is 5.84. The number of sulfone groups is 1. The molecule has 1 unspecified atom stereocenters. The van der Waals surface area contributed by atoms with Crippen molar-refractivity contribution in [1.29, 1.82) is 0 Å². The number of halogens is 1. The van der Waals surface area contributed by atoms with Gasteiger partial charge in [0.15, 0.2) is 16.4 Å². The lowest BCUT2D eigenvalue weighted by Gasteiger charge is -2.17. The molecule has 1 aromatic carbocycles. The lowest BCUT2D eigenvalue weighted by atomic mass is 10.3. The molecule has 1 atom stereocenters. The first-order valence-corrected chi connectivity index (χ1v) is 10.7. The second-order valence-corrected chi connectivity index (χ2v) is 9.40. The fraction of sp³-hybridized carbons (Fsp3) is 0.235. The number of quaternary nitrogens is 1. The number of anilines is 1. The highest BCUT2D eigenvalue weighted by Crippen LogP contribution is 2.21. The van der Waals surface area contributed by atoms with Gasteiger partial charge in [-0.3, -0.25) is 4.79 Å². The Balaban J connectivity index is 2.08. The Morgan fingerprint density at radius 3 is 2.64 bits per heavy atom. The van der Waals surface area contributed by atoms with Crippen molar-refractivity contribution in [2.75, 3.05) is 24.7 Å². The summed E-state index contributed by atoms with van der Waals surface area (Å²) >= 11 is 7.43. The molecule has 2 rings (SSSR count). The van der Waals surface area contributed by atoms with Crippen LogP contribution in [0, 0.1) is 0 Å². The molecule has 0 fully saturated rings. The van der Waals surface area contributed by atoms with Crippen LogP contribution in [-0.2, 0) is 21.2 Å². The van der Waals surface area contributed by atoms with Crippen LogP contribution in [0.3, 0.4) is 0 Å². The van der Waals surface area contributed by atoms with E-state index in [1.165, 1.54) is 17.4 Å². The maximum absolute atomic E-state index is 12.4. The molecule has 0 aliphatic carbocycles. The molecule has 1 aromatic heterocycles. The van der Waals surface area contributed by atoms with E-state index in [1.54, 1.807) is 24.3 Å². The fourth-order valence-corrected chi connectivity index (χ4v) is 4.42. The van der Waals surface area contributed by atoms with Gasteiger partial charge in [0.25, 0.3) is 5.91 Å².